The minimum absolute atomic E-state index is 0.0830. The molecular weight excluding hydrogens is 661 g/mol. The normalized spacial score (nSPS) is 13.3. The molecule has 0 heterocycles. The van der Waals surface area contributed by atoms with Gasteiger partial charge in [0.05, 0.1) is 0 Å². The Balaban J connectivity index is 1.11. The first kappa shape index (κ1) is 32.2. The third kappa shape index (κ3) is 4.58. The predicted molar refractivity (Wildman–Crippen MR) is 237 cm³/mol. The van der Waals surface area contributed by atoms with Crippen molar-refractivity contribution in [2.24, 2.45) is 0 Å². The molecule has 0 spiro atoms. The van der Waals surface area contributed by atoms with Crippen LogP contribution >= 0.6 is 0 Å². The van der Waals surface area contributed by atoms with E-state index in [1.807, 2.05) is 0 Å². The van der Waals surface area contributed by atoms with Gasteiger partial charge < -0.3 is 0 Å². The van der Waals surface area contributed by atoms with Crippen LogP contribution in [0.2, 0.25) is 0 Å². The number of benzene rings is 10. The summed E-state index contributed by atoms with van der Waals surface area (Å²) < 4.78 is 0. The monoisotopic (exact) mass is 702 g/mol. The summed E-state index contributed by atoms with van der Waals surface area (Å²) in [6.45, 7) is 4.68. The first-order valence-electron chi connectivity index (χ1n) is 20.1. The fraction of sp³-hybridized carbons (Fsp3) is 0.127. The van der Waals surface area contributed by atoms with Gasteiger partial charge in [0.2, 0.25) is 0 Å². The molecule has 0 saturated carbocycles. The lowest BCUT2D eigenvalue weighted by atomic mass is 9.71. The zero-order valence-electron chi connectivity index (χ0n) is 31.5. The fourth-order valence-electron chi connectivity index (χ4n) is 10.8. The van der Waals surface area contributed by atoms with Gasteiger partial charge in [-0.15, -0.1) is 0 Å². The summed E-state index contributed by atoms with van der Waals surface area (Å²) >= 11 is 0. The van der Waals surface area contributed by atoms with Crippen LogP contribution in [-0.4, -0.2) is 0 Å². The van der Waals surface area contributed by atoms with Gasteiger partial charge in [0.15, 0.2) is 0 Å². The number of hydrogen-bond donors (Lipinski definition) is 0. The lowest BCUT2D eigenvalue weighted by Crippen LogP contribution is -2.24. The van der Waals surface area contributed by atoms with E-state index in [0.29, 0.717) is 0 Å². The lowest BCUT2D eigenvalue weighted by Gasteiger charge is -2.32. The highest BCUT2D eigenvalue weighted by Crippen LogP contribution is 2.56. The van der Waals surface area contributed by atoms with Gasteiger partial charge in [-0.05, 0) is 122 Å². The van der Waals surface area contributed by atoms with Crippen molar-refractivity contribution in [3.8, 4) is 44.5 Å². The van der Waals surface area contributed by atoms with Crippen molar-refractivity contribution < 1.29 is 0 Å². The van der Waals surface area contributed by atoms with Gasteiger partial charge >= 0.3 is 0 Å². The van der Waals surface area contributed by atoms with Crippen molar-refractivity contribution >= 4 is 53.9 Å². The molecule has 0 heteroatoms. The second-order valence-corrected chi connectivity index (χ2v) is 15.7. The number of fused-ring (bicyclic) bond motifs is 5. The lowest BCUT2D eigenvalue weighted by molar-refractivity contribution is 0.436. The van der Waals surface area contributed by atoms with E-state index in [9.17, 15) is 0 Å². The Labute approximate surface area is 323 Å². The van der Waals surface area contributed by atoms with Crippen LogP contribution in [-0.2, 0) is 5.41 Å². The summed E-state index contributed by atoms with van der Waals surface area (Å²) in [5, 5.41) is 13.1. The number of rotatable bonds is 7. The first-order chi connectivity index (χ1) is 27.2. The van der Waals surface area contributed by atoms with Crippen LogP contribution < -0.4 is 0 Å². The van der Waals surface area contributed by atoms with Gasteiger partial charge in [0.1, 0.15) is 0 Å². The summed E-state index contributed by atoms with van der Waals surface area (Å²) in [6.07, 6.45) is 4.70. The maximum atomic E-state index is 2.42. The van der Waals surface area contributed by atoms with E-state index in [4.69, 9.17) is 0 Å². The average Bonchev–Trinajstić information content (AvgIpc) is 3.51. The molecule has 0 fully saturated rings. The molecule has 0 N–H and O–H groups in total. The second-order valence-electron chi connectivity index (χ2n) is 15.7. The Kier molecular flexibility index (Phi) is 7.26. The van der Waals surface area contributed by atoms with E-state index in [2.05, 4.69) is 184 Å². The predicted octanol–water partition coefficient (Wildman–Crippen LogP) is 15.8. The van der Waals surface area contributed by atoms with Crippen LogP contribution in [0.15, 0.2) is 170 Å². The molecule has 0 unspecified atom stereocenters. The molecule has 1 aliphatic rings. The third-order valence-corrected chi connectivity index (χ3v) is 12.9. The first-order valence-corrected chi connectivity index (χ1v) is 20.1. The molecule has 262 valence electrons. The van der Waals surface area contributed by atoms with Gasteiger partial charge in [-0.1, -0.05) is 197 Å². The fourth-order valence-corrected chi connectivity index (χ4v) is 10.8. The average molecular weight is 703 g/mol. The molecule has 1 aliphatic carbocycles. The van der Waals surface area contributed by atoms with E-state index >= 15 is 0 Å². The van der Waals surface area contributed by atoms with Crippen molar-refractivity contribution in [3.05, 3.63) is 181 Å². The molecular formula is C55H42. The van der Waals surface area contributed by atoms with Gasteiger partial charge in [-0.3, -0.25) is 0 Å². The second kappa shape index (κ2) is 12.4. The maximum Gasteiger partial charge on any atom is 0.0215 e. The Hall–Kier alpha value is -6.24. The third-order valence-electron chi connectivity index (χ3n) is 12.9. The Bertz CT molecular complexity index is 3030. The van der Waals surface area contributed by atoms with Crippen LogP contribution in [0.3, 0.4) is 0 Å². The minimum atomic E-state index is 0.0830. The van der Waals surface area contributed by atoms with Crippen molar-refractivity contribution in [2.45, 2.75) is 44.9 Å². The molecule has 0 aromatic heterocycles. The van der Waals surface area contributed by atoms with Crippen LogP contribution in [0.5, 0.6) is 0 Å². The quantitative estimate of drug-likeness (QED) is 0.115. The number of hydrogen-bond acceptors (Lipinski definition) is 0. The summed E-state index contributed by atoms with van der Waals surface area (Å²) in [5.74, 6) is 0. The zero-order valence-corrected chi connectivity index (χ0v) is 31.5. The molecule has 55 heavy (non-hydrogen) atoms. The van der Waals surface area contributed by atoms with Gasteiger partial charge in [0.25, 0.3) is 0 Å². The van der Waals surface area contributed by atoms with Crippen LogP contribution in [0, 0.1) is 0 Å². The Morgan fingerprint density at radius 3 is 1.51 bits per heavy atom. The molecule has 0 aliphatic heterocycles. The summed E-state index contributed by atoms with van der Waals surface area (Å²) in [6, 6.07) is 64.4. The molecule has 0 atom stereocenters. The standard InChI is InChI=1S/C55H42/c1-3-33-55(34-4-2)48-21-10-9-19-47(48)54-40(20-12-22-49(54)55)35-23-25-38(26-24-35)51-41-15-5-7-17-43(41)53(44-18-8-6-16-42(44)51)46-32-30-39-28-27-36-13-11-14-37-29-31-45(46)52(39)50(36)37/h5-32H,3-4,33-34H2,1-2H3. The van der Waals surface area contributed by atoms with Gasteiger partial charge in [-0.25, -0.2) is 0 Å². The van der Waals surface area contributed by atoms with E-state index < -0.39 is 0 Å². The van der Waals surface area contributed by atoms with E-state index in [1.165, 1.54) is 135 Å². The molecule has 11 rings (SSSR count). The molecule has 0 radical (unpaired) electrons. The van der Waals surface area contributed by atoms with Crippen LogP contribution in [0.1, 0.15) is 50.7 Å². The van der Waals surface area contributed by atoms with Crippen LogP contribution in [0.25, 0.3) is 98.4 Å². The Morgan fingerprint density at radius 2 is 0.836 bits per heavy atom. The smallest absolute Gasteiger partial charge is 0.0215 e. The molecule has 10 aromatic carbocycles. The summed E-state index contributed by atoms with van der Waals surface area (Å²) in [4.78, 5) is 0. The van der Waals surface area contributed by atoms with E-state index in [0.717, 1.165) is 0 Å². The van der Waals surface area contributed by atoms with Crippen molar-refractivity contribution in [2.75, 3.05) is 0 Å². The van der Waals surface area contributed by atoms with Crippen molar-refractivity contribution in [1.82, 2.24) is 0 Å². The highest BCUT2D eigenvalue weighted by atomic mass is 14.4. The SMILES string of the molecule is CCCC1(CCC)c2ccccc2-c2c(-c3ccc(-c4c5ccccc5c(-c5ccc6ccc7cccc8ccc5c6c78)c5ccccc45)cc3)cccc21. The maximum absolute atomic E-state index is 2.42. The Morgan fingerprint density at radius 1 is 0.327 bits per heavy atom. The topological polar surface area (TPSA) is 0 Å². The molecule has 10 aromatic rings. The van der Waals surface area contributed by atoms with E-state index in [1.54, 1.807) is 0 Å². The largest absolute Gasteiger partial charge is 0.0653 e. The van der Waals surface area contributed by atoms with Crippen molar-refractivity contribution in [3.63, 3.8) is 0 Å². The minimum Gasteiger partial charge on any atom is -0.0653 e. The molecule has 0 amide bonds. The van der Waals surface area contributed by atoms with Crippen molar-refractivity contribution in [1.29, 1.82) is 0 Å². The van der Waals surface area contributed by atoms with Gasteiger partial charge in [-0.2, -0.15) is 0 Å². The zero-order chi connectivity index (χ0) is 36.7. The summed E-state index contributed by atoms with van der Waals surface area (Å²) in [5.41, 5.74) is 13.7. The summed E-state index contributed by atoms with van der Waals surface area (Å²) in [7, 11) is 0. The highest BCUT2D eigenvalue weighted by molar-refractivity contribution is 6.29. The van der Waals surface area contributed by atoms with Crippen LogP contribution in [0.4, 0.5) is 0 Å². The molecule has 0 bridgehead atoms. The van der Waals surface area contributed by atoms with E-state index in [-0.39, 0.29) is 5.41 Å². The van der Waals surface area contributed by atoms with Gasteiger partial charge in [0, 0.05) is 5.41 Å². The molecule has 0 saturated heterocycles. The highest BCUT2D eigenvalue weighted by Gasteiger charge is 2.42. The molecule has 0 nitrogen and oxygen atoms in total.